The number of carbonyl (C=O) groups excluding carboxylic acids is 1. The number of nitrogens with zero attached hydrogens (tertiary/aromatic N) is 4. The van der Waals surface area contributed by atoms with Crippen molar-refractivity contribution in [3.63, 3.8) is 0 Å². The number of carbonyl (C=O) groups is 1. The molecule has 2 N–H and O–H groups in total. The number of aromatic nitrogens is 4. The molecule has 31 heavy (non-hydrogen) atoms. The fourth-order valence-electron chi connectivity index (χ4n) is 3.27. The maximum Gasteiger partial charge on any atom is 0.241 e. The quantitative estimate of drug-likeness (QED) is 0.491. The Labute approximate surface area is 177 Å². The summed E-state index contributed by atoms with van der Waals surface area (Å²) in [6.07, 6.45) is 4.81. The predicted octanol–water partition coefficient (Wildman–Crippen LogP) is 3.96. The number of hydrogen-bond donors (Lipinski definition) is 2. The predicted molar refractivity (Wildman–Crippen MR) is 114 cm³/mol. The third-order valence-corrected chi connectivity index (χ3v) is 4.77. The second kappa shape index (κ2) is 8.47. The van der Waals surface area contributed by atoms with Gasteiger partial charge in [0.05, 0.1) is 17.6 Å². The van der Waals surface area contributed by atoms with E-state index >= 15 is 0 Å². The van der Waals surface area contributed by atoms with Crippen molar-refractivity contribution in [2.24, 2.45) is 0 Å². The highest BCUT2D eigenvalue weighted by Crippen LogP contribution is 2.30. The summed E-state index contributed by atoms with van der Waals surface area (Å²) in [5.74, 6) is -1.26. The zero-order valence-corrected chi connectivity index (χ0v) is 17.0. The molecule has 1 amide bonds. The van der Waals surface area contributed by atoms with Crippen LogP contribution in [-0.4, -0.2) is 32.2 Å². The van der Waals surface area contributed by atoms with Crippen molar-refractivity contribution in [1.82, 2.24) is 25.1 Å². The van der Waals surface area contributed by atoms with Crippen LogP contribution in [0.5, 0.6) is 0 Å². The van der Waals surface area contributed by atoms with Crippen molar-refractivity contribution >= 4 is 28.3 Å². The average Bonchev–Trinajstić information content (AvgIpc) is 3.15. The van der Waals surface area contributed by atoms with Gasteiger partial charge < -0.3 is 10.6 Å². The van der Waals surface area contributed by atoms with Gasteiger partial charge in [-0.3, -0.25) is 19.4 Å². The molecule has 1 aromatic carbocycles. The van der Waals surface area contributed by atoms with Crippen LogP contribution in [0, 0.1) is 18.6 Å². The van der Waals surface area contributed by atoms with Gasteiger partial charge in [-0.25, -0.2) is 8.78 Å². The molecule has 7 nitrogen and oxygen atoms in total. The lowest BCUT2D eigenvalue weighted by Crippen LogP contribution is -2.27. The maximum atomic E-state index is 14.2. The molecular formula is C22H20F2N6O. The molecule has 9 heteroatoms. The van der Waals surface area contributed by atoms with E-state index in [2.05, 4.69) is 25.7 Å². The lowest BCUT2D eigenvalue weighted by atomic mass is 10.1. The minimum Gasteiger partial charge on any atom is -0.355 e. The van der Waals surface area contributed by atoms with E-state index in [1.165, 1.54) is 0 Å². The smallest absolute Gasteiger partial charge is 0.241 e. The van der Waals surface area contributed by atoms with Crippen LogP contribution in [0.3, 0.4) is 0 Å². The molecule has 3 heterocycles. The van der Waals surface area contributed by atoms with Crippen LogP contribution in [0.15, 0.2) is 48.9 Å². The van der Waals surface area contributed by atoms with Crippen molar-refractivity contribution in [2.75, 3.05) is 11.9 Å². The van der Waals surface area contributed by atoms with Crippen LogP contribution in [0.25, 0.3) is 22.3 Å². The highest BCUT2D eigenvalue weighted by Gasteiger charge is 2.14. The molecule has 0 atom stereocenters. The molecule has 0 aliphatic heterocycles. The lowest BCUT2D eigenvalue weighted by molar-refractivity contribution is -0.121. The first kappa shape index (κ1) is 20.4. The Bertz CT molecular complexity index is 1270. The van der Waals surface area contributed by atoms with Gasteiger partial charge in [-0.05, 0) is 49.7 Å². The number of rotatable bonds is 6. The summed E-state index contributed by atoms with van der Waals surface area (Å²) < 4.78 is 29.4. The monoisotopic (exact) mass is 422 g/mol. The van der Waals surface area contributed by atoms with E-state index in [4.69, 9.17) is 0 Å². The van der Waals surface area contributed by atoms with Crippen molar-refractivity contribution in [1.29, 1.82) is 0 Å². The summed E-state index contributed by atoms with van der Waals surface area (Å²) in [5, 5.41) is 10.3. The summed E-state index contributed by atoms with van der Waals surface area (Å²) in [6, 6.07) is 6.68. The van der Waals surface area contributed by atoms with E-state index in [1.807, 2.05) is 13.8 Å². The summed E-state index contributed by atoms with van der Waals surface area (Å²) >= 11 is 0. The summed E-state index contributed by atoms with van der Waals surface area (Å²) in [7, 11) is 0. The minimum atomic E-state index is -0.560. The Kier molecular flexibility index (Phi) is 5.57. The van der Waals surface area contributed by atoms with E-state index in [-0.39, 0.29) is 18.0 Å². The molecule has 0 fully saturated rings. The SMILES string of the molecule is CCNC(=O)Cn1ncc2nccc(Nc3cc(-c4cc(F)ccc4F)ncc3C)c21. The molecular weight excluding hydrogens is 402 g/mol. The van der Waals surface area contributed by atoms with Crippen LogP contribution in [-0.2, 0) is 11.3 Å². The highest BCUT2D eigenvalue weighted by atomic mass is 19.1. The Morgan fingerprint density at radius 2 is 1.94 bits per heavy atom. The number of halogens is 2. The number of anilines is 2. The Morgan fingerprint density at radius 1 is 1.10 bits per heavy atom. The van der Waals surface area contributed by atoms with Gasteiger partial charge in [-0.15, -0.1) is 0 Å². The van der Waals surface area contributed by atoms with Gasteiger partial charge >= 0.3 is 0 Å². The van der Waals surface area contributed by atoms with Gasteiger partial charge in [0, 0.05) is 30.2 Å². The first-order valence-electron chi connectivity index (χ1n) is 9.72. The average molecular weight is 422 g/mol. The molecule has 3 aromatic heterocycles. The molecule has 0 saturated heterocycles. The highest BCUT2D eigenvalue weighted by molar-refractivity contribution is 5.91. The second-order valence-corrected chi connectivity index (χ2v) is 6.98. The number of likely N-dealkylation sites (N-methyl/N-ethyl adjacent to an activating group) is 1. The normalized spacial score (nSPS) is 11.0. The van der Waals surface area contributed by atoms with E-state index < -0.39 is 11.6 Å². The molecule has 4 rings (SSSR count). The summed E-state index contributed by atoms with van der Waals surface area (Å²) in [6.45, 7) is 4.27. The molecule has 0 radical (unpaired) electrons. The third kappa shape index (κ3) is 4.20. The minimum absolute atomic E-state index is 0.0484. The van der Waals surface area contributed by atoms with Crippen LogP contribution in [0.1, 0.15) is 12.5 Å². The van der Waals surface area contributed by atoms with E-state index in [0.717, 1.165) is 23.8 Å². The van der Waals surface area contributed by atoms with E-state index in [9.17, 15) is 13.6 Å². The number of nitrogens with one attached hydrogen (secondary N) is 2. The van der Waals surface area contributed by atoms with Gasteiger partial charge in [0.15, 0.2) is 0 Å². The second-order valence-electron chi connectivity index (χ2n) is 6.98. The number of pyridine rings is 2. The Hall–Kier alpha value is -3.88. The number of hydrogen-bond acceptors (Lipinski definition) is 5. The van der Waals surface area contributed by atoms with Crippen LogP contribution in [0.4, 0.5) is 20.2 Å². The third-order valence-electron chi connectivity index (χ3n) is 4.77. The van der Waals surface area contributed by atoms with Crippen molar-refractivity contribution in [3.05, 3.63) is 66.1 Å². The van der Waals surface area contributed by atoms with E-state index in [1.54, 1.807) is 35.4 Å². The van der Waals surface area contributed by atoms with E-state index in [0.29, 0.717) is 34.6 Å². The van der Waals surface area contributed by atoms with Crippen molar-refractivity contribution in [2.45, 2.75) is 20.4 Å². The molecule has 0 spiro atoms. The molecule has 0 unspecified atom stereocenters. The van der Waals surface area contributed by atoms with Crippen LogP contribution >= 0.6 is 0 Å². The van der Waals surface area contributed by atoms with Gasteiger partial charge in [0.25, 0.3) is 0 Å². The number of amides is 1. The molecule has 0 aliphatic rings. The maximum absolute atomic E-state index is 14.2. The number of aryl methyl sites for hydroxylation is 1. The molecule has 0 aliphatic carbocycles. The zero-order chi connectivity index (χ0) is 22.0. The van der Waals surface area contributed by atoms with Crippen molar-refractivity contribution in [3.8, 4) is 11.3 Å². The first-order chi connectivity index (χ1) is 15.0. The largest absolute Gasteiger partial charge is 0.355 e. The van der Waals surface area contributed by atoms with Crippen molar-refractivity contribution < 1.29 is 13.6 Å². The van der Waals surface area contributed by atoms with Crippen LogP contribution < -0.4 is 10.6 Å². The standard InChI is InChI=1S/C22H20F2N6O/c1-3-25-21(31)12-30-22-17(6-7-26-20(22)11-28-30)29-18-9-19(27-10-13(18)2)15-8-14(23)4-5-16(15)24/h4-11H,3,12H2,1-2H3,(H,25,31)(H,26,27,29). The number of benzene rings is 1. The topological polar surface area (TPSA) is 84.7 Å². The molecule has 0 saturated carbocycles. The summed E-state index contributed by atoms with van der Waals surface area (Å²) in [4.78, 5) is 20.6. The van der Waals surface area contributed by atoms with Gasteiger partial charge in [-0.1, -0.05) is 0 Å². The first-order valence-corrected chi connectivity index (χ1v) is 9.72. The number of fused-ring (bicyclic) bond motifs is 1. The zero-order valence-electron chi connectivity index (χ0n) is 17.0. The van der Waals surface area contributed by atoms with Gasteiger partial charge in [-0.2, -0.15) is 5.10 Å². The van der Waals surface area contributed by atoms with Crippen LogP contribution in [0.2, 0.25) is 0 Å². The Morgan fingerprint density at radius 3 is 2.74 bits per heavy atom. The summed E-state index contributed by atoms with van der Waals surface area (Å²) in [5.41, 5.74) is 3.79. The fourth-order valence-corrected chi connectivity index (χ4v) is 3.27. The molecule has 158 valence electrons. The lowest BCUT2D eigenvalue weighted by Gasteiger charge is -2.14. The molecule has 0 bridgehead atoms. The van der Waals surface area contributed by atoms with Gasteiger partial charge in [0.2, 0.25) is 5.91 Å². The Balaban J connectivity index is 1.73. The molecule has 4 aromatic rings. The van der Waals surface area contributed by atoms with Gasteiger partial charge in [0.1, 0.15) is 29.2 Å². The fraction of sp³-hybridized carbons (Fsp3) is 0.182.